The van der Waals surface area contributed by atoms with E-state index in [1.807, 2.05) is 25.1 Å². The summed E-state index contributed by atoms with van der Waals surface area (Å²) in [6.45, 7) is 2.57. The van der Waals surface area contributed by atoms with Crippen molar-refractivity contribution < 1.29 is 4.42 Å². The minimum Gasteiger partial charge on any atom is -0.468 e. The average Bonchev–Trinajstić information content (AvgIpc) is 2.70. The van der Waals surface area contributed by atoms with Crippen molar-refractivity contribution in [2.24, 2.45) is 5.73 Å². The van der Waals surface area contributed by atoms with Gasteiger partial charge in [-0.15, -0.1) is 0 Å². The molecule has 0 aliphatic heterocycles. The average molecular weight is 268 g/mol. The molecule has 90 valence electrons. The van der Waals surface area contributed by atoms with Gasteiger partial charge in [-0.3, -0.25) is 0 Å². The maximum Gasteiger partial charge on any atom is 0.114 e. The van der Waals surface area contributed by atoms with E-state index in [9.17, 15) is 0 Å². The number of nitrogens with two attached hydrogens (primary N) is 1. The number of aryl methyl sites for hydroxylation is 1. The van der Waals surface area contributed by atoms with E-state index in [0.717, 1.165) is 27.0 Å². The van der Waals surface area contributed by atoms with Gasteiger partial charge in [-0.1, -0.05) is 35.5 Å². The highest BCUT2D eigenvalue weighted by molar-refractivity contribution is 7.99. The van der Waals surface area contributed by atoms with Crippen LogP contribution in [0, 0.1) is 6.92 Å². The van der Waals surface area contributed by atoms with Crippen molar-refractivity contribution >= 4 is 23.4 Å². The van der Waals surface area contributed by atoms with E-state index in [-0.39, 0.29) is 0 Å². The fourth-order valence-corrected chi connectivity index (χ4v) is 2.92. The molecule has 0 fully saturated rings. The molecule has 0 amide bonds. The molecule has 1 aromatic carbocycles. The van der Waals surface area contributed by atoms with Crippen LogP contribution >= 0.6 is 23.4 Å². The third kappa shape index (κ3) is 2.86. The van der Waals surface area contributed by atoms with Gasteiger partial charge in [-0.25, -0.2) is 0 Å². The molecule has 0 saturated heterocycles. The van der Waals surface area contributed by atoms with Gasteiger partial charge in [0.25, 0.3) is 0 Å². The quantitative estimate of drug-likeness (QED) is 0.913. The van der Waals surface area contributed by atoms with E-state index >= 15 is 0 Å². The maximum atomic E-state index is 6.24. The van der Waals surface area contributed by atoms with Crippen LogP contribution in [-0.2, 0) is 6.42 Å². The Bertz CT molecular complexity index is 510. The van der Waals surface area contributed by atoms with Gasteiger partial charge in [0.1, 0.15) is 5.76 Å². The zero-order valence-electron chi connectivity index (χ0n) is 9.57. The number of rotatable bonds is 4. The third-order valence-electron chi connectivity index (χ3n) is 2.49. The van der Waals surface area contributed by atoms with Crippen molar-refractivity contribution in [1.29, 1.82) is 0 Å². The molecule has 2 nitrogen and oxygen atoms in total. The smallest absolute Gasteiger partial charge is 0.114 e. The molecule has 2 aromatic rings. The summed E-state index contributed by atoms with van der Waals surface area (Å²) in [5.74, 6) is 0.911. The van der Waals surface area contributed by atoms with Crippen LogP contribution in [0.3, 0.4) is 0 Å². The lowest BCUT2D eigenvalue weighted by molar-refractivity contribution is 0.527. The van der Waals surface area contributed by atoms with E-state index in [1.165, 1.54) is 5.56 Å². The van der Waals surface area contributed by atoms with Crippen LogP contribution in [-0.4, -0.2) is 6.54 Å². The molecular weight excluding hydrogens is 254 g/mol. The van der Waals surface area contributed by atoms with Crippen LogP contribution in [0.25, 0.3) is 0 Å². The summed E-state index contributed by atoms with van der Waals surface area (Å²) in [4.78, 5) is 2.17. The molecule has 0 atom stereocenters. The molecule has 17 heavy (non-hydrogen) atoms. The first-order chi connectivity index (χ1) is 8.22. The second kappa shape index (κ2) is 5.63. The Kier molecular flexibility index (Phi) is 4.15. The summed E-state index contributed by atoms with van der Waals surface area (Å²) in [5, 5.41) is 0.765. The summed E-state index contributed by atoms with van der Waals surface area (Å²) in [6, 6.07) is 7.88. The first kappa shape index (κ1) is 12.6. The number of furan rings is 1. The number of hydrogen-bond donors (Lipinski definition) is 1. The van der Waals surface area contributed by atoms with Crippen molar-refractivity contribution in [3.8, 4) is 0 Å². The van der Waals surface area contributed by atoms with Crippen molar-refractivity contribution in [2.45, 2.75) is 23.1 Å². The zero-order valence-corrected chi connectivity index (χ0v) is 11.1. The lowest BCUT2D eigenvalue weighted by Crippen LogP contribution is -2.03. The number of hydrogen-bond acceptors (Lipinski definition) is 3. The highest BCUT2D eigenvalue weighted by Crippen LogP contribution is 2.37. The van der Waals surface area contributed by atoms with E-state index in [0.29, 0.717) is 6.54 Å². The Hall–Kier alpha value is -0.900. The van der Waals surface area contributed by atoms with Crippen LogP contribution in [0.1, 0.15) is 11.3 Å². The van der Waals surface area contributed by atoms with Gasteiger partial charge >= 0.3 is 0 Å². The van der Waals surface area contributed by atoms with Crippen LogP contribution in [0.2, 0.25) is 5.02 Å². The van der Waals surface area contributed by atoms with Gasteiger partial charge in [-0.2, -0.15) is 0 Å². The van der Waals surface area contributed by atoms with Crippen LogP contribution in [0.4, 0.5) is 0 Å². The maximum absolute atomic E-state index is 6.24. The lowest BCUT2D eigenvalue weighted by atomic mass is 10.1. The monoisotopic (exact) mass is 267 g/mol. The molecule has 4 heteroatoms. The van der Waals surface area contributed by atoms with Crippen LogP contribution < -0.4 is 5.73 Å². The molecule has 1 aromatic heterocycles. The summed E-state index contributed by atoms with van der Waals surface area (Å²) in [7, 11) is 0. The first-order valence-electron chi connectivity index (χ1n) is 5.41. The predicted molar refractivity (Wildman–Crippen MR) is 71.8 cm³/mol. The molecule has 0 saturated carbocycles. The molecule has 2 rings (SSSR count). The third-order valence-corrected chi connectivity index (χ3v) is 4.24. The highest BCUT2D eigenvalue weighted by Gasteiger charge is 2.11. The lowest BCUT2D eigenvalue weighted by Gasteiger charge is -2.09. The second-order valence-corrected chi connectivity index (χ2v) is 5.17. The predicted octanol–water partition coefficient (Wildman–Crippen LogP) is 3.89. The normalized spacial score (nSPS) is 10.8. The van der Waals surface area contributed by atoms with E-state index in [4.69, 9.17) is 21.8 Å². The van der Waals surface area contributed by atoms with Gasteiger partial charge in [-0.05, 0) is 37.6 Å². The molecule has 0 bridgehead atoms. The molecule has 0 spiro atoms. The van der Waals surface area contributed by atoms with Gasteiger partial charge < -0.3 is 10.2 Å². The zero-order chi connectivity index (χ0) is 12.3. The van der Waals surface area contributed by atoms with E-state index in [1.54, 1.807) is 18.0 Å². The fraction of sp³-hybridized carbons (Fsp3) is 0.231. The van der Waals surface area contributed by atoms with Crippen molar-refractivity contribution in [2.75, 3.05) is 6.54 Å². The number of benzene rings is 1. The van der Waals surface area contributed by atoms with Crippen molar-refractivity contribution in [3.05, 3.63) is 46.9 Å². The minimum absolute atomic E-state index is 0.623. The summed E-state index contributed by atoms with van der Waals surface area (Å²) in [6.07, 6.45) is 2.52. The number of halogens is 1. The SMILES string of the molecule is Cc1occc1Sc1c(Cl)cccc1CCN. The first-order valence-corrected chi connectivity index (χ1v) is 6.61. The molecule has 0 aliphatic carbocycles. The summed E-state index contributed by atoms with van der Waals surface area (Å²) in [5.41, 5.74) is 6.80. The minimum atomic E-state index is 0.623. The van der Waals surface area contributed by atoms with E-state index in [2.05, 4.69) is 6.07 Å². The van der Waals surface area contributed by atoms with Crippen molar-refractivity contribution in [3.63, 3.8) is 0 Å². The molecule has 2 N–H and O–H groups in total. The summed E-state index contributed by atoms with van der Waals surface area (Å²) >= 11 is 7.87. The Morgan fingerprint density at radius 1 is 1.35 bits per heavy atom. The van der Waals surface area contributed by atoms with Gasteiger partial charge in [0.15, 0.2) is 0 Å². The molecule has 0 radical (unpaired) electrons. The van der Waals surface area contributed by atoms with Gasteiger partial charge in [0.05, 0.1) is 16.2 Å². The fourth-order valence-electron chi connectivity index (χ4n) is 1.61. The molecular formula is C13H14ClNOS. The van der Waals surface area contributed by atoms with E-state index < -0.39 is 0 Å². The van der Waals surface area contributed by atoms with Gasteiger partial charge in [0.2, 0.25) is 0 Å². The van der Waals surface area contributed by atoms with Crippen molar-refractivity contribution in [1.82, 2.24) is 0 Å². The highest BCUT2D eigenvalue weighted by atomic mass is 35.5. The summed E-state index contributed by atoms with van der Waals surface area (Å²) < 4.78 is 5.29. The Balaban J connectivity index is 2.34. The molecule has 0 aliphatic rings. The largest absolute Gasteiger partial charge is 0.468 e. The van der Waals surface area contributed by atoms with Gasteiger partial charge in [0, 0.05) is 4.90 Å². The molecule has 1 heterocycles. The topological polar surface area (TPSA) is 39.2 Å². The van der Waals surface area contributed by atoms with Crippen LogP contribution in [0.15, 0.2) is 44.7 Å². The molecule has 0 unspecified atom stereocenters. The standard InChI is InChI=1S/C13H14ClNOS/c1-9-12(6-8-16-9)17-13-10(5-7-15)3-2-4-11(13)14/h2-4,6,8H,5,7,15H2,1H3. The Morgan fingerprint density at radius 3 is 2.82 bits per heavy atom. The Morgan fingerprint density at radius 2 is 2.18 bits per heavy atom. The second-order valence-electron chi connectivity index (χ2n) is 3.71. The Labute approximate surface area is 110 Å². The van der Waals surface area contributed by atoms with Crippen LogP contribution in [0.5, 0.6) is 0 Å².